The minimum atomic E-state index is -1.05. The molecule has 6 nitrogen and oxygen atoms in total. The summed E-state index contributed by atoms with van der Waals surface area (Å²) >= 11 is 0. The van der Waals surface area contributed by atoms with Gasteiger partial charge in [-0.3, -0.25) is 19.7 Å². The van der Waals surface area contributed by atoms with E-state index >= 15 is 0 Å². The predicted octanol–water partition coefficient (Wildman–Crippen LogP) is 2.53. The summed E-state index contributed by atoms with van der Waals surface area (Å²) in [5.74, 6) is -0.0782. The molecule has 0 atom stereocenters. The lowest BCUT2D eigenvalue weighted by atomic mass is 9.60. The zero-order valence-electron chi connectivity index (χ0n) is 13.6. The minimum absolute atomic E-state index is 0.00904. The number of hydrogen-bond acceptors (Lipinski definition) is 5. The van der Waals surface area contributed by atoms with E-state index in [1.807, 2.05) is 25.8 Å². The van der Waals surface area contributed by atoms with Crippen LogP contribution in [0.4, 0.5) is 11.4 Å². The molecule has 1 aromatic rings. The largest absolute Gasteiger partial charge is 0.373 e. The van der Waals surface area contributed by atoms with Crippen LogP contribution in [-0.4, -0.2) is 30.1 Å². The second-order valence-corrected chi connectivity index (χ2v) is 7.55. The first-order valence-electron chi connectivity index (χ1n) is 7.70. The summed E-state index contributed by atoms with van der Waals surface area (Å²) in [6.07, 6.45) is 1.01. The van der Waals surface area contributed by atoms with Crippen molar-refractivity contribution in [2.75, 3.05) is 18.5 Å². The molecule has 0 unspecified atom stereocenters. The number of carbonyl (C=O) groups is 2. The van der Waals surface area contributed by atoms with E-state index < -0.39 is 10.3 Å². The molecule has 1 heterocycles. The van der Waals surface area contributed by atoms with Crippen LogP contribution in [0, 0.1) is 20.9 Å². The molecule has 122 valence electrons. The number of ketones is 2. The van der Waals surface area contributed by atoms with Gasteiger partial charge < -0.3 is 4.90 Å². The van der Waals surface area contributed by atoms with Gasteiger partial charge in [0.2, 0.25) is 0 Å². The maximum absolute atomic E-state index is 12.8. The summed E-state index contributed by atoms with van der Waals surface area (Å²) in [7, 11) is 1.83. The Hall–Kier alpha value is -2.24. The fourth-order valence-electron chi connectivity index (χ4n) is 3.87. The quantitative estimate of drug-likeness (QED) is 0.452. The van der Waals surface area contributed by atoms with Crippen LogP contribution in [0.1, 0.15) is 32.3 Å². The number of benzene rings is 1. The lowest BCUT2D eigenvalue weighted by molar-refractivity contribution is -0.384. The minimum Gasteiger partial charge on any atom is -0.373 e. The number of carbonyl (C=O) groups excluding carboxylic acids is 2. The Morgan fingerprint density at radius 2 is 1.74 bits per heavy atom. The normalized spacial score (nSPS) is 22.1. The van der Waals surface area contributed by atoms with Crippen molar-refractivity contribution in [3.05, 3.63) is 33.9 Å². The Labute approximate surface area is 134 Å². The van der Waals surface area contributed by atoms with Crippen molar-refractivity contribution >= 4 is 22.9 Å². The monoisotopic (exact) mass is 316 g/mol. The summed E-state index contributed by atoms with van der Waals surface area (Å²) in [4.78, 5) is 38.0. The summed E-state index contributed by atoms with van der Waals surface area (Å²) in [6.45, 7) is 4.22. The number of Topliss-reactive ketones (excluding diaryl/α,β-unsaturated/α-hetero) is 2. The van der Waals surface area contributed by atoms with Gasteiger partial charge in [0.25, 0.3) is 5.69 Å². The van der Waals surface area contributed by atoms with E-state index in [-0.39, 0.29) is 29.1 Å². The van der Waals surface area contributed by atoms with Crippen LogP contribution >= 0.6 is 0 Å². The lowest BCUT2D eigenvalue weighted by Gasteiger charge is -2.46. The third-order valence-electron chi connectivity index (χ3n) is 5.03. The zero-order chi connectivity index (χ0) is 17.0. The van der Waals surface area contributed by atoms with Crippen molar-refractivity contribution in [3.63, 3.8) is 0 Å². The third kappa shape index (κ3) is 2.42. The molecule has 1 aromatic carbocycles. The smallest absolute Gasteiger partial charge is 0.269 e. The van der Waals surface area contributed by atoms with Gasteiger partial charge in [0.1, 0.15) is 17.0 Å². The molecule has 0 aromatic heterocycles. The van der Waals surface area contributed by atoms with Crippen molar-refractivity contribution in [2.45, 2.75) is 33.1 Å². The molecule has 0 radical (unpaired) electrons. The van der Waals surface area contributed by atoms with Crippen LogP contribution < -0.4 is 4.90 Å². The topological polar surface area (TPSA) is 80.5 Å². The maximum Gasteiger partial charge on any atom is 0.269 e. The summed E-state index contributed by atoms with van der Waals surface area (Å²) in [5.41, 5.74) is 0.194. The SMILES string of the molecule is CN1CC2(Cc3cc([N+](=O)[O-])ccc31)C(=O)CC(C)(C)CC2=O. The molecule has 6 heteroatoms. The van der Waals surface area contributed by atoms with E-state index in [0.29, 0.717) is 24.9 Å². The number of fused-ring (bicyclic) bond motifs is 1. The number of non-ortho nitro benzene ring substituents is 1. The number of nitro benzene ring substituents is 1. The summed E-state index contributed by atoms with van der Waals surface area (Å²) < 4.78 is 0. The van der Waals surface area contributed by atoms with Gasteiger partial charge in [-0.1, -0.05) is 13.8 Å². The van der Waals surface area contributed by atoms with E-state index in [1.54, 1.807) is 6.07 Å². The highest BCUT2D eigenvalue weighted by atomic mass is 16.6. The zero-order valence-corrected chi connectivity index (χ0v) is 13.6. The fraction of sp³-hybridized carbons (Fsp3) is 0.529. The van der Waals surface area contributed by atoms with E-state index in [1.165, 1.54) is 12.1 Å². The Bertz CT molecular complexity index is 703. The summed E-state index contributed by atoms with van der Waals surface area (Å²) in [5, 5.41) is 11.0. The molecule has 1 aliphatic carbocycles. The molecule has 23 heavy (non-hydrogen) atoms. The van der Waals surface area contributed by atoms with Gasteiger partial charge in [0.15, 0.2) is 0 Å². The third-order valence-corrected chi connectivity index (χ3v) is 5.03. The Morgan fingerprint density at radius 1 is 1.13 bits per heavy atom. The first kappa shape index (κ1) is 15.6. The van der Waals surface area contributed by atoms with Gasteiger partial charge in [-0.15, -0.1) is 0 Å². The molecule has 0 saturated heterocycles. The molecule has 1 saturated carbocycles. The highest BCUT2D eigenvalue weighted by Gasteiger charge is 2.54. The van der Waals surface area contributed by atoms with Gasteiger partial charge in [-0.2, -0.15) is 0 Å². The average Bonchev–Trinajstić information content (AvgIpc) is 2.43. The number of nitrogens with zero attached hydrogens (tertiary/aromatic N) is 2. The first-order valence-corrected chi connectivity index (χ1v) is 7.70. The Balaban J connectivity index is 2.05. The number of nitro groups is 1. The molecule has 1 aliphatic heterocycles. The molecule has 0 N–H and O–H groups in total. The van der Waals surface area contributed by atoms with Crippen LogP contribution in [-0.2, 0) is 16.0 Å². The van der Waals surface area contributed by atoms with Crippen LogP contribution in [0.2, 0.25) is 0 Å². The Kier molecular flexibility index (Phi) is 3.32. The van der Waals surface area contributed by atoms with Crippen molar-refractivity contribution in [3.8, 4) is 0 Å². The molecule has 3 rings (SSSR count). The molecular weight excluding hydrogens is 296 g/mol. The van der Waals surface area contributed by atoms with Crippen molar-refractivity contribution in [1.29, 1.82) is 0 Å². The molecule has 1 fully saturated rings. The number of rotatable bonds is 1. The summed E-state index contributed by atoms with van der Waals surface area (Å²) in [6, 6.07) is 4.65. The van der Waals surface area contributed by atoms with Gasteiger partial charge in [0.05, 0.1) is 4.92 Å². The van der Waals surface area contributed by atoms with Crippen LogP contribution in [0.15, 0.2) is 18.2 Å². The van der Waals surface area contributed by atoms with E-state index in [4.69, 9.17) is 0 Å². The Morgan fingerprint density at radius 3 is 2.30 bits per heavy atom. The highest BCUT2D eigenvalue weighted by molar-refractivity contribution is 6.11. The van der Waals surface area contributed by atoms with Crippen LogP contribution in [0.25, 0.3) is 0 Å². The van der Waals surface area contributed by atoms with E-state index in [0.717, 1.165) is 5.69 Å². The van der Waals surface area contributed by atoms with Gasteiger partial charge in [-0.05, 0) is 23.5 Å². The van der Waals surface area contributed by atoms with Crippen molar-refractivity contribution in [1.82, 2.24) is 0 Å². The van der Waals surface area contributed by atoms with Gasteiger partial charge in [0, 0.05) is 44.3 Å². The second-order valence-electron chi connectivity index (χ2n) is 7.55. The van der Waals surface area contributed by atoms with Crippen LogP contribution in [0.3, 0.4) is 0 Å². The molecule has 2 aliphatic rings. The standard InChI is InChI=1S/C17H20N2O4/c1-16(2)8-14(20)17(15(21)9-16)7-11-6-12(19(22)23)4-5-13(11)18(3)10-17/h4-6H,7-10H2,1-3H3. The van der Waals surface area contributed by atoms with Crippen molar-refractivity contribution in [2.24, 2.45) is 10.8 Å². The van der Waals surface area contributed by atoms with Gasteiger partial charge in [-0.25, -0.2) is 0 Å². The number of hydrogen-bond donors (Lipinski definition) is 0. The van der Waals surface area contributed by atoms with E-state index in [2.05, 4.69) is 0 Å². The maximum atomic E-state index is 12.8. The number of anilines is 1. The van der Waals surface area contributed by atoms with E-state index in [9.17, 15) is 19.7 Å². The predicted molar refractivity (Wildman–Crippen MR) is 85.5 cm³/mol. The van der Waals surface area contributed by atoms with Crippen molar-refractivity contribution < 1.29 is 14.5 Å². The fourth-order valence-corrected chi connectivity index (χ4v) is 3.87. The first-order chi connectivity index (χ1) is 10.6. The molecule has 0 bridgehead atoms. The second kappa shape index (κ2) is 4.88. The molecular formula is C17H20N2O4. The average molecular weight is 316 g/mol. The van der Waals surface area contributed by atoms with Gasteiger partial charge >= 0.3 is 0 Å². The highest BCUT2D eigenvalue weighted by Crippen LogP contribution is 2.46. The molecule has 0 amide bonds. The lowest BCUT2D eigenvalue weighted by Crippen LogP contribution is -2.56. The molecule has 1 spiro atoms. The van der Waals surface area contributed by atoms with Crippen LogP contribution in [0.5, 0.6) is 0 Å².